The topological polar surface area (TPSA) is 93.9 Å². The van der Waals surface area contributed by atoms with Crippen molar-refractivity contribution in [1.29, 1.82) is 0 Å². The zero-order chi connectivity index (χ0) is 16.2. The summed E-state index contributed by atoms with van der Waals surface area (Å²) < 4.78 is 5.70. The molecule has 0 radical (unpaired) electrons. The molecule has 0 bridgehead atoms. The lowest BCUT2D eigenvalue weighted by atomic mass is 10.1. The van der Waals surface area contributed by atoms with E-state index in [1.807, 2.05) is 24.3 Å². The van der Waals surface area contributed by atoms with E-state index in [2.05, 4.69) is 15.4 Å². The van der Waals surface area contributed by atoms with E-state index in [0.29, 0.717) is 23.1 Å². The first-order valence-electron chi connectivity index (χ1n) is 6.82. The van der Waals surface area contributed by atoms with Crippen LogP contribution in [-0.4, -0.2) is 21.3 Å². The fourth-order valence-corrected chi connectivity index (χ4v) is 2.28. The highest BCUT2D eigenvalue weighted by Crippen LogP contribution is 2.24. The maximum atomic E-state index is 11.3. The highest BCUT2D eigenvalue weighted by Gasteiger charge is 2.14. The molecule has 0 aliphatic carbocycles. The van der Waals surface area contributed by atoms with Gasteiger partial charge in [-0.05, 0) is 30.3 Å². The van der Waals surface area contributed by atoms with E-state index in [1.54, 1.807) is 24.3 Å². The second-order valence-electron chi connectivity index (χ2n) is 4.79. The third kappa shape index (κ3) is 3.32. The van der Waals surface area contributed by atoms with Crippen LogP contribution in [0.3, 0.4) is 0 Å². The molecule has 1 aromatic heterocycles. The molecule has 3 N–H and O–H groups in total. The number of nitrogens with two attached hydrogens (primary N) is 1. The first kappa shape index (κ1) is 15.1. The number of primary amides is 1. The Morgan fingerprint density at radius 2 is 1.87 bits per heavy atom. The Morgan fingerprint density at radius 1 is 1.13 bits per heavy atom. The molecule has 0 saturated heterocycles. The van der Waals surface area contributed by atoms with Crippen molar-refractivity contribution in [2.75, 3.05) is 0 Å². The molecule has 0 spiro atoms. The van der Waals surface area contributed by atoms with Crippen molar-refractivity contribution in [3.05, 3.63) is 64.8 Å². The molecule has 2 aromatic carbocycles. The minimum atomic E-state index is -0.632. The predicted octanol–water partition coefficient (Wildman–Crippen LogP) is 2.80. The number of amides is 1. The number of hydrogen-bond donors (Lipinski definition) is 2. The van der Waals surface area contributed by atoms with Gasteiger partial charge < -0.3 is 10.5 Å². The summed E-state index contributed by atoms with van der Waals surface area (Å²) in [7, 11) is 0. The van der Waals surface area contributed by atoms with Crippen LogP contribution in [0.1, 0.15) is 16.1 Å². The van der Waals surface area contributed by atoms with Crippen LogP contribution in [0.5, 0.6) is 5.75 Å². The molecule has 0 saturated carbocycles. The quantitative estimate of drug-likeness (QED) is 0.753. The van der Waals surface area contributed by atoms with Crippen LogP contribution >= 0.6 is 11.6 Å². The number of aromatic amines is 1. The maximum absolute atomic E-state index is 11.3. The largest absolute Gasteiger partial charge is 0.489 e. The fourth-order valence-electron chi connectivity index (χ4n) is 2.09. The molecular weight excluding hydrogens is 316 g/mol. The van der Waals surface area contributed by atoms with Gasteiger partial charge in [-0.2, -0.15) is 15.4 Å². The van der Waals surface area contributed by atoms with Crippen molar-refractivity contribution in [2.45, 2.75) is 6.61 Å². The Kier molecular flexibility index (Phi) is 4.25. The number of nitrogens with zero attached hydrogens (tertiary/aromatic N) is 2. The van der Waals surface area contributed by atoms with Crippen molar-refractivity contribution in [3.63, 3.8) is 0 Å². The van der Waals surface area contributed by atoms with Crippen LogP contribution in [0.4, 0.5) is 0 Å². The molecule has 7 heteroatoms. The Bertz CT molecular complexity index is 830. The molecule has 1 amide bonds. The predicted molar refractivity (Wildman–Crippen MR) is 86.1 cm³/mol. The van der Waals surface area contributed by atoms with Gasteiger partial charge in [0.1, 0.15) is 18.1 Å². The first-order chi connectivity index (χ1) is 11.1. The smallest absolute Gasteiger partial charge is 0.271 e. The highest BCUT2D eigenvalue weighted by molar-refractivity contribution is 6.31. The van der Waals surface area contributed by atoms with Crippen LogP contribution in [0.15, 0.2) is 48.5 Å². The van der Waals surface area contributed by atoms with Gasteiger partial charge in [-0.15, -0.1) is 0 Å². The monoisotopic (exact) mass is 328 g/mol. The van der Waals surface area contributed by atoms with Gasteiger partial charge in [0.15, 0.2) is 5.69 Å². The van der Waals surface area contributed by atoms with E-state index in [-0.39, 0.29) is 5.69 Å². The normalized spacial score (nSPS) is 10.5. The molecule has 0 fully saturated rings. The number of rotatable bonds is 5. The van der Waals surface area contributed by atoms with Crippen LogP contribution in [-0.2, 0) is 6.61 Å². The van der Waals surface area contributed by atoms with E-state index in [1.165, 1.54) is 0 Å². The van der Waals surface area contributed by atoms with Crippen molar-refractivity contribution in [3.8, 4) is 17.0 Å². The number of ether oxygens (including phenoxy) is 1. The van der Waals surface area contributed by atoms with Gasteiger partial charge in [0.25, 0.3) is 5.91 Å². The summed E-state index contributed by atoms with van der Waals surface area (Å²) in [6.45, 7) is 0.371. The average molecular weight is 329 g/mol. The first-order valence-corrected chi connectivity index (χ1v) is 7.20. The lowest BCUT2D eigenvalue weighted by molar-refractivity contribution is 0.0996. The van der Waals surface area contributed by atoms with Gasteiger partial charge in [-0.3, -0.25) is 4.79 Å². The number of aromatic nitrogens is 3. The minimum Gasteiger partial charge on any atom is -0.489 e. The van der Waals surface area contributed by atoms with Crippen LogP contribution < -0.4 is 10.5 Å². The van der Waals surface area contributed by atoms with Crippen LogP contribution in [0.2, 0.25) is 5.02 Å². The maximum Gasteiger partial charge on any atom is 0.271 e. The number of H-pyrrole nitrogens is 1. The minimum absolute atomic E-state index is 0.106. The SMILES string of the molecule is NC(=O)c1n[nH]nc1-c1ccc(OCc2ccccc2Cl)cc1. The van der Waals surface area contributed by atoms with Crippen molar-refractivity contribution in [2.24, 2.45) is 5.73 Å². The average Bonchev–Trinajstić information content (AvgIpc) is 3.04. The van der Waals surface area contributed by atoms with Crippen molar-refractivity contribution < 1.29 is 9.53 Å². The summed E-state index contributed by atoms with van der Waals surface area (Å²) >= 11 is 6.09. The van der Waals surface area contributed by atoms with Gasteiger partial charge in [0.05, 0.1) is 0 Å². The Morgan fingerprint density at radius 3 is 2.57 bits per heavy atom. The summed E-state index contributed by atoms with van der Waals surface area (Å²) in [5.74, 6) is 0.0468. The van der Waals surface area contributed by atoms with Gasteiger partial charge >= 0.3 is 0 Å². The molecule has 3 aromatic rings. The van der Waals surface area contributed by atoms with E-state index < -0.39 is 5.91 Å². The number of carbonyl (C=O) groups excluding carboxylic acids is 1. The van der Waals surface area contributed by atoms with E-state index in [4.69, 9.17) is 22.1 Å². The summed E-state index contributed by atoms with van der Waals surface area (Å²) in [6.07, 6.45) is 0. The third-order valence-electron chi connectivity index (χ3n) is 3.26. The molecule has 0 atom stereocenters. The van der Waals surface area contributed by atoms with Crippen LogP contribution in [0, 0.1) is 0 Å². The summed E-state index contributed by atoms with van der Waals surface area (Å²) in [4.78, 5) is 11.3. The molecule has 1 heterocycles. The Hall–Kier alpha value is -2.86. The molecule has 3 rings (SSSR count). The number of hydrogen-bond acceptors (Lipinski definition) is 4. The lowest BCUT2D eigenvalue weighted by Crippen LogP contribution is -2.12. The number of nitrogens with one attached hydrogen (secondary N) is 1. The third-order valence-corrected chi connectivity index (χ3v) is 3.63. The number of benzene rings is 2. The molecule has 116 valence electrons. The molecule has 23 heavy (non-hydrogen) atoms. The summed E-state index contributed by atoms with van der Waals surface area (Å²) in [6, 6.07) is 14.6. The molecular formula is C16H13ClN4O2. The highest BCUT2D eigenvalue weighted by atomic mass is 35.5. The molecule has 6 nitrogen and oxygen atoms in total. The molecule has 0 unspecified atom stereocenters. The van der Waals surface area contributed by atoms with E-state index >= 15 is 0 Å². The van der Waals surface area contributed by atoms with Gasteiger partial charge in [-0.25, -0.2) is 0 Å². The lowest BCUT2D eigenvalue weighted by Gasteiger charge is -2.08. The van der Waals surface area contributed by atoms with Crippen molar-refractivity contribution >= 4 is 17.5 Å². The number of halogens is 1. The fraction of sp³-hybridized carbons (Fsp3) is 0.0625. The second kappa shape index (κ2) is 6.50. The van der Waals surface area contributed by atoms with Crippen LogP contribution in [0.25, 0.3) is 11.3 Å². The van der Waals surface area contributed by atoms with E-state index in [9.17, 15) is 4.79 Å². The van der Waals surface area contributed by atoms with Gasteiger partial charge in [-0.1, -0.05) is 29.8 Å². The molecule has 0 aliphatic heterocycles. The van der Waals surface area contributed by atoms with E-state index in [0.717, 1.165) is 11.1 Å². The zero-order valence-corrected chi connectivity index (χ0v) is 12.7. The Balaban J connectivity index is 1.74. The standard InChI is InChI=1S/C16H13ClN4O2/c17-13-4-2-1-3-11(13)9-23-12-7-5-10(6-8-12)14-15(16(18)22)20-21-19-14/h1-8H,9H2,(H2,18,22)(H,19,20,21). The summed E-state index contributed by atoms with van der Waals surface area (Å²) in [5, 5.41) is 10.8. The zero-order valence-electron chi connectivity index (χ0n) is 12.0. The number of carbonyl (C=O) groups is 1. The molecule has 0 aliphatic rings. The van der Waals surface area contributed by atoms with Gasteiger partial charge in [0.2, 0.25) is 0 Å². The van der Waals surface area contributed by atoms with Crippen molar-refractivity contribution in [1.82, 2.24) is 15.4 Å². The Labute approximate surface area is 137 Å². The summed E-state index contributed by atoms with van der Waals surface area (Å²) in [5.41, 5.74) is 7.40. The second-order valence-corrected chi connectivity index (χ2v) is 5.20. The van der Waals surface area contributed by atoms with Gasteiger partial charge in [0, 0.05) is 16.1 Å².